The number of hydrogen-bond acceptors (Lipinski definition) is 3. The fourth-order valence-corrected chi connectivity index (χ4v) is 2.06. The van der Waals surface area contributed by atoms with Crippen LogP contribution in [0.5, 0.6) is 5.75 Å². The third-order valence-corrected chi connectivity index (χ3v) is 2.92. The molecule has 0 aromatic heterocycles. The van der Waals surface area contributed by atoms with E-state index in [1.807, 2.05) is 24.3 Å². The fourth-order valence-electron chi connectivity index (χ4n) is 2.06. The largest absolute Gasteiger partial charge is 0.496 e. The molecule has 16 heavy (non-hydrogen) atoms. The van der Waals surface area contributed by atoms with Gasteiger partial charge in [-0.1, -0.05) is 18.2 Å². The van der Waals surface area contributed by atoms with Crippen LogP contribution in [-0.2, 0) is 15.1 Å². The second-order valence-electron chi connectivity index (χ2n) is 3.86. The minimum atomic E-state index is -0.856. The Kier molecular flexibility index (Phi) is 2.83. The van der Waals surface area contributed by atoms with E-state index in [4.69, 9.17) is 14.6 Å². The van der Waals surface area contributed by atoms with Gasteiger partial charge in [-0.05, 0) is 6.07 Å². The molecule has 1 fully saturated rings. The zero-order valence-electron chi connectivity index (χ0n) is 9.10. The Bertz CT molecular complexity index is 396. The van der Waals surface area contributed by atoms with E-state index in [1.54, 1.807) is 7.11 Å². The summed E-state index contributed by atoms with van der Waals surface area (Å²) in [5, 5.41) is 8.92. The highest BCUT2D eigenvalue weighted by Crippen LogP contribution is 2.44. The van der Waals surface area contributed by atoms with Gasteiger partial charge in [-0.3, -0.25) is 4.79 Å². The first-order valence-electron chi connectivity index (χ1n) is 5.17. The highest BCUT2D eigenvalue weighted by atomic mass is 16.5. The van der Waals surface area contributed by atoms with E-state index < -0.39 is 11.6 Å². The van der Waals surface area contributed by atoms with Gasteiger partial charge < -0.3 is 14.6 Å². The number of carbonyl (C=O) groups is 1. The van der Waals surface area contributed by atoms with Crippen molar-refractivity contribution in [1.82, 2.24) is 0 Å². The van der Waals surface area contributed by atoms with E-state index >= 15 is 0 Å². The lowest BCUT2D eigenvalue weighted by Gasteiger charge is -2.41. The van der Waals surface area contributed by atoms with E-state index in [9.17, 15) is 4.79 Å². The van der Waals surface area contributed by atoms with Crippen LogP contribution in [0.25, 0.3) is 0 Å². The van der Waals surface area contributed by atoms with Crippen LogP contribution in [0.15, 0.2) is 24.3 Å². The fraction of sp³-hybridized carbons (Fsp3) is 0.417. The lowest BCUT2D eigenvalue weighted by molar-refractivity contribution is -0.176. The van der Waals surface area contributed by atoms with Crippen molar-refractivity contribution in [2.75, 3.05) is 13.7 Å². The minimum Gasteiger partial charge on any atom is -0.496 e. The molecular formula is C12H14O4. The highest BCUT2D eigenvalue weighted by Gasteiger charge is 2.44. The molecule has 0 saturated carbocycles. The van der Waals surface area contributed by atoms with Crippen molar-refractivity contribution in [1.29, 1.82) is 0 Å². The molecule has 0 spiro atoms. The van der Waals surface area contributed by atoms with Gasteiger partial charge in [0.05, 0.1) is 20.1 Å². The highest BCUT2D eigenvalue weighted by molar-refractivity contribution is 5.69. The molecule has 0 radical (unpaired) electrons. The van der Waals surface area contributed by atoms with Crippen LogP contribution in [0.3, 0.4) is 0 Å². The Balaban J connectivity index is 2.36. The first-order valence-corrected chi connectivity index (χ1v) is 5.17. The summed E-state index contributed by atoms with van der Waals surface area (Å²) in [7, 11) is 1.58. The Morgan fingerprint density at radius 3 is 2.75 bits per heavy atom. The Hall–Kier alpha value is -1.55. The van der Waals surface area contributed by atoms with Gasteiger partial charge in [0.15, 0.2) is 0 Å². The van der Waals surface area contributed by atoms with Gasteiger partial charge in [0, 0.05) is 12.0 Å². The zero-order valence-corrected chi connectivity index (χ0v) is 9.10. The van der Waals surface area contributed by atoms with E-state index in [0.29, 0.717) is 12.4 Å². The first-order chi connectivity index (χ1) is 7.68. The number of carboxylic acids is 1. The average molecular weight is 222 g/mol. The summed E-state index contributed by atoms with van der Waals surface area (Å²) < 4.78 is 10.7. The topological polar surface area (TPSA) is 55.8 Å². The van der Waals surface area contributed by atoms with E-state index in [0.717, 1.165) is 12.0 Å². The van der Waals surface area contributed by atoms with Crippen molar-refractivity contribution in [3.63, 3.8) is 0 Å². The standard InChI is InChI=1S/C12H14O4/c1-15-10-5-3-2-4-9(10)12(6-7-16-12)8-11(13)14/h2-5H,6-8H2,1H3,(H,13,14). The Labute approximate surface area is 93.8 Å². The number of benzene rings is 1. The predicted molar refractivity (Wildman–Crippen MR) is 57.5 cm³/mol. The van der Waals surface area contributed by atoms with Crippen molar-refractivity contribution < 1.29 is 19.4 Å². The summed E-state index contributed by atoms with van der Waals surface area (Å²) in [6.45, 7) is 0.603. The normalized spacial score (nSPS) is 23.6. The molecule has 1 atom stereocenters. The number of ether oxygens (including phenoxy) is 2. The summed E-state index contributed by atoms with van der Waals surface area (Å²) in [5.74, 6) is -0.172. The van der Waals surface area contributed by atoms with Gasteiger partial charge in [0.2, 0.25) is 0 Å². The van der Waals surface area contributed by atoms with E-state index in [-0.39, 0.29) is 6.42 Å². The van der Waals surface area contributed by atoms with Crippen molar-refractivity contribution in [3.05, 3.63) is 29.8 Å². The molecule has 1 unspecified atom stereocenters. The third kappa shape index (κ3) is 1.76. The molecule has 0 amide bonds. The molecule has 1 aliphatic heterocycles. The van der Waals surface area contributed by atoms with Crippen molar-refractivity contribution in [2.24, 2.45) is 0 Å². The molecule has 4 nitrogen and oxygen atoms in total. The first kappa shape index (κ1) is 11.0. The molecule has 2 rings (SSSR count). The zero-order chi connectivity index (χ0) is 11.6. The lowest BCUT2D eigenvalue weighted by Crippen LogP contribution is -2.42. The molecule has 1 aromatic carbocycles. The van der Waals surface area contributed by atoms with Gasteiger partial charge in [-0.25, -0.2) is 0 Å². The van der Waals surface area contributed by atoms with Crippen LogP contribution in [0.2, 0.25) is 0 Å². The Morgan fingerprint density at radius 1 is 1.56 bits per heavy atom. The van der Waals surface area contributed by atoms with Gasteiger partial charge in [0.1, 0.15) is 11.4 Å². The molecule has 86 valence electrons. The summed E-state index contributed by atoms with van der Waals surface area (Å²) >= 11 is 0. The summed E-state index contributed by atoms with van der Waals surface area (Å²) in [4.78, 5) is 10.9. The maximum Gasteiger partial charge on any atom is 0.306 e. The van der Waals surface area contributed by atoms with Crippen molar-refractivity contribution in [2.45, 2.75) is 18.4 Å². The summed E-state index contributed by atoms with van der Waals surface area (Å²) in [6.07, 6.45) is 0.701. The van der Waals surface area contributed by atoms with Crippen LogP contribution >= 0.6 is 0 Å². The number of aliphatic carboxylic acids is 1. The number of para-hydroxylation sites is 1. The van der Waals surface area contributed by atoms with Crippen LogP contribution in [-0.4, -0.2) is 24.8 Å². The van der Waals surface area contributed by atoms with E-state index in [2.05, 4.69) is 0 Å². The van der Waals surface area contributed by atoms with Gasteiger partial charge in [-0.2, -0.15) is 0 Å². The molecule has 1 N–H and O–H groups in total. The van der Waals surface area contributed by atoms with Crippen molar-refractivity contribution >= 4 is 5.97 Å². The molecule has 1 aromatic rings. The van der Waals surface area contributed by atoms with Gasteiger partial charge >= 0.3 is 5.97 Å². The van der Waals surface area contributed by atoms with Gasteiger partial charge in [0.25, 0.3) is 0 Å². The van der Waals surface area contributed by atoms with Crippen LogP contribution in [0.4, 0.5) is 0 Å². The second kappa shape index (κ2) is 4.14. The summed E-state index contributed by atoms with van der Waals surface area (Å²) in [5.41, 5.74) is 0.129. The van der Waals surface area contributed by atoms with Crippen LogP contribution in [0.1, 0.15) is 18.4 Å². The third-order valence-electron chi connectivity index (χ3n) is 2.92. The number of hydrogen-bond donors (Lipinski definition) is 1. The molecule has 4 heteroatoms. The molecule has 0 bridgehead atoms. The average Bonchev–Trinajstić information content (AvgIpc) is 2.23. The Morgan fingerprint density at radius 2 is 2.25 bits per heavy atom. The van der Waals surface area contributed by atoms with E-state index in [1.165, 1.54) is 0 Å². The second-order valence-corrected chi connectivity index (χ2v) is 3.86. The molecule has 1 saturated heterocycles. The maximum absolute atomic E-state index is 10.9. The van der Waals surface area contributed by atoms with Crippen molar-refractivity contribution in [3.8, 4) is 5.75 Å². The molecule has 1 aliphatic rings. The van der Waals surface area contributed by atoms with Gasteiger partial charge in [-0.15, -0.1) is 0 Å². The summed E-state index contributed by atoms with van der Waals surface area (Å²) in [6, 6.07) is 7.40. The number of carboxylic acid groups (broad SMARTS) is 1. The molecule has 0 aliphatic carbocycles. The molecular weight excluding hydrogens is 208 g/mol. The minimum absolute atomic E-state index is 0.0205. The lowest BCUT2D eigenvalue weighted by atomic mass is 9.83. The smallest absolute Gasteiger partial charge is 0.306 e. The monoisotopic (exact) mass is 222 g/mol. The quantitative estimate of drug-likeness (QED) is 0.843. The maximum atomic E-state index is 10.9. The molecule has 1 heterocycles. The van der Waals surface area contributed by atoms with Crippen LogP contribution in [0, 0.1) is 0 Å². The van der Waals surface area contributed by atoms with Crippen LogP contribution < -0.4 is 4.74 Å². The predicted octanol–water partition coefficient (Wildman–Crippen LogP) is 1.79. The SMILES string of the molecule is COc1ccccc1C1(CC(=O)O)CCO1. The number of methoxy groups -OCH3 is 1. The number of rotatable bonds is 4.